The highest BCUT2D eigenvalue weighted by Crippen LogP contribution is 2.15. The molecule has 0 saturated carbocycles. The van der Waals surface area contributed by atoms with Crippen LogP contribution >= 0.6 is 0 Å². The average Bonchev–Trinajstić information content (AvgIpc) is 2.93. The third-order valence-corrected chi connectivity index (χ3v) is 3.16. The molecule has 0 aromatic carbocycles. The van der Waals surface area contributed by atoms with Crippen LogP contribution in [0.3, 0.4) is 0 Å². The van der Waals surface area contributed by atoms with Crippen molar-refractivity contribution in [3.63, 3.8) is 0 Å². The first-order valence-electron chi connectivity index (χ1n) is 6.79. The first-order valence-corrected chi connectivity index (χ1v) is 6.79. The molecule has 1 saturated heterocycles. The molecule has 1 aliphatic rings. The molecule has 19 heavy (non-hydrogen) atoms. The van der Waals surface area contributed by atoms with Crippen molar-refractivity contribution >= 4 is 17.8 Å². The van der Waals surface area contributed by atoms with Crippen molar-refractivity contribution in [3.05, 3.63) is 0 Å². The quantitative estimate of drug-likeness (QED) is 0.794. The van der Waals surface area contributed by atoms with Crippen LogP contribution in [0.1, 0.15) is 20.3 Å². The normalized spacial score (nSPS) is 18.4. The summed E-state index contributed by atoms with van der Waals surface area (Å²) in [6.45, 7) is 7.42. The van der Waals surface area contributed by atoms with Gasteiger partial charge < -0.3 is 20.3 Å². The van der Waals surface area contributed by atoms with E-state index in [-0.39, 0.29) is 6.04 Å². The highest BCUT2D eigenvalue weighted by molar-refractivity contribution is 5.43. The molecule has 1 aromatic heterocycles. The van der Waals surface area contributed by atoms with Gasteiger partial charge in [-0.05, 0) is 20.3 Å². The zero-order chi connectivity index (χ0) is 13.7. The monoisotopic (exact) mass is 266 g/mol. The number of nitrogens with one attached hydrogen (secondary N) is 2. The maximum atomic E-state index is 5.35. The summed E-state index contributed by atoms with van der Waals surface area (Å²) in [4.78, 5) is 15.3. The van der Waals surface area contributed by atoms with E-state index in [9.17, 15) is 0 Å². The van der Waals surface area contributed by atoms with Gasteiger partial charge in [-0.1, -0.05) is 0 Å². The van der Waals surface area contributed by atoms with E-state index in [4.69, 9.17) is 4.74 Å². The highest BCUT2D eigenvalue weighted by atomic mass is 16.5. The van der Waals surface area contributed by atoms with Crippen LogP contribution in [0.15, 0.2) is 0 Å². The second-order valence-corrected chi connectivity index (χ2v) is 4.41. The lowest BCUT2D eigenvalue weighted by atomic mass is 10.3. The Kier molecular flexibility index (Phi) is 4.73. The van der Waals surface area contributed by atoms with E-state index in [1.807, 2.05) is 7.05 Å². The molecular weight excluding hydrogens is 244 g/mol. The van der Waals surface area contributed by atoms with E-state index in [2.05, 4.69) is 44.3 Å². The molecule has 1 fully saturated rings. The molecule has 0 aliphatic carbocycles. The lowest BCUT2D eigenvalue weighted by Crippen LogP contribution is -2.27. The number of anilines is 3. The first-order chi connectivity index (χ1) is 9.26. The molecule has 1 aromatic rings. The van der Waals surface area contributed by atoms with Gasteiger partial charge in [-0.15, -0.1) is 0 Å². The van der Waals surface area contributed by atoms with E-state index in [0.29, 0.717) is 24.5 Å². The fraction of sp³-hybridized carbons (Fsp3) is 0.750. The topological polar surface area (TPSA) is 75.2 Å². The molecule has 1 unspecified atom stereocenters. The molecule has 2 N–H and O–H groups in total. The summed E-state index contributed by atoms with van der Waals surface area (Å²) in [5, 5.41) is 6.28. The van der Waals surface area contributed by atoms with Gasteiger partial charge in [0, 0.05) is 26.7 Å². The standard InChI is InChI=1S/C12H22N6O/c1-4-18(5-2)12-16-10(13-3)15-11(17-12)14-9-6-7-19-8-9/h9H,4-8H2,1-3H3,(H2,13,14,15,16,17). The Morgan fingerprint density at radius 1 is 1.21 bits per heavy atom. The highest BCUT2D eigenvalue weighted by Gasteiger charge is 2.18. The van der Waals surface area contributed by atoms with Gasteiger partial charge in [0.05, 0.1) is 12.6 Å². The Hall–Kier alpha value is -1.63. The number of nitrogens with zero attached hydrogens (tertiary/aromatic N) is 4. The van der Waals surface area contributed by atoms with Gasteiger partial charge in [-0.25, -0.2) is 0 Å². The summed E-state index contributed by atoms with van der Waals surface area (Å²) in [7, 11) is 1.81. The molecule has 2 heterocycles. The molecular formula is C12H22N6O. The van der Waals surface area contributed by atoms with Gasteiger partial charge in [0.1, 0.15) is 0 Å². The van der Waals surface area contributed by atoms with Crippen molar-refractivity contribution in [1.29, 1.82) is 0 Å². The van der Waals surface area contributed by atoms with Crippen LogP contribution in [0.5, 0.6) is 0 Å². The van der Waals surface area contributed by atoms with Crippen molar-refractivity contribution < 1.29 is 4.74 Å². The fourth-order valence-electron chi connectivity index (χ4n) is 2.02. The Morgan fingerprint density at radius 2 is 1.95 bits per heavy atom. The van der Waals surface area contributed by atoms with Crippen LogP contribution in [0.4, 0.5) is 17.8 Å². The van der Waals surface area contributed by atoms with Gasteiger partial charge in [0.2, 0.25) is 17.8 Å². The minimum Gasteiger partial charge on any atom is -0.379 e. The maximum absolute atomic E-state index is 5.35. The van der Waals surface area contributed by atoms with E-state index < -0.39 is 0 Å². The van der Waals surface area contributed by atoms with Crippen molar-refractivity contribution in [2.24, 2.45) is 0 Å². The minimum absolute atomic E-state index is 0.289. The molecule has 0 spiro atoms. The van der Waals surface area contributed by atoms with Crippen LogP contribution in [-0.4, -0.2) is 54.3 Å². The van der Waals surface area contributed by atoms with E-state index in [1.165, 1.54) is 0 Å². The molecule has 1 aliphatic heterocycles. The molecule has 0 amide bonds. The number of ether oxygens (including phenoxy) is 1. The average molecular weight is 266 g/mol. The summed E-state index contributed by atoms with van der Waals surface area (Å²) in [5.41, 5.74) is 0. The Bertz CT molecular complexity index is 403. The summed E-state index contributed by atoms with van der Waals surface area (Å²) >= 11 is 0. The van der Waals surface area contributed by atoms with Gasteiger partial charge in [-0.3, -0.25) is 0 Å². The third kappa shape index (κ3) is 3.44. The van der Waals surface area contributed by atoms with Crippen molar-refractivity contribution in [2.45, 2.75) is 26.3 Å². The second-order valence-electron chi connectivity index (χ2n) is 4.41. The van der Waals surface area contributed by atoms with Gasteiger partial charge in [0.15, 0.2) is 0 Å². The van der Waals surface area contributed by atoms with Crippen molar-refractivity contribution in [2.75, 3.05) is 48.9 Å². The van der Waals surface area contributed by atoms with E-state index in [1.54, 1.807) is 0 Å². The van der Waals surface area contributed by atoms with E-state index in [0.717, 1.165) is 26.1 Å². The van der Waals surface area contributed by atoms with Crippen LogP contribution in [0.2, 0.25) is 0 Å². The van der Waals surface area contributed by atoms with Gasteiger partial charge in [0.25, 0.3) is 0 Å². The smallest absolute Gasteiger partial charge is 0.231 e. The summed E-state index contributed by atoms with van der Waals surface area (Å²) in [6, 6.07) is 0.289. The molecule has 2 rings (SSSR count). The van der Waals surface area contributed by atoms with Crippen LogP contribution in [-0.2, 0) is 4.74 Å². The van der Waals surface area contributed by atoms with Crippen LogP contribution < -0.4 is 15.5 Å². The number of rotatable bonds is 6. The lowest BCUT2D eigenvalue weighted by Gasteiger charge is -2.20. The SMILES string of the molecule is CCN(CC)c1nc(NC)nc(NC2CCOC2)n1. The number of hydrogen-bond acceptors (Lipinski definition) is 7. The predicted molar refractivity (Wildman–Crippen MR) is 75.8 cm³/mol. The Morgan fingerprint density at radius 3 is 2.53 bits per heavy atom. The fourth-order valence-corrected chi connectivity index (χ4v) is 2.02. The van der Waals surface area contributed by atoms with Gasteiger partial charge >= 0.3 is 0 Å². The van der Waals surface area contributed by atoms with Crippen LogP contribution in [0, 0.1) is 0 Å². The van der Waals surface area contributed by atoms with Gasteiger partial charge in [-0.2, -0.15) is 15.0 Å². The third-order valence-electron chi connectivity index (χ3n) is 3.16. The lowest BCUT2D eigenvalue weighted by molar-refractivity contribution is 0.195. The first kappa shape index (κ1) is 13.8. The Labute approximate surface area is 113 Å². The summed E-state index contributed by atoms with van der Waals surface area (Å²) < 4.78 is 5.35. The Balaban J connectivity index is 2.19. The molecule has 1 atom stereocenters. The minimum atomic E-state index is 0.289. The zero-order valence-corrected chi connectivity index (χ0v) is 11.8. The molecule has 0 bridgehead atoms. The number of hydrogen-bond donors (Lipinski definition) is 2. The second kappa shape index (κ2) is 6.51. The largest absolute Gasteiger partial charge is 0.379 e. The summed E-state index contributed by atoms with van der Waals surface area (Å²) in [6.07, 6.45) is 0.987. The molecule has 7 nitrogen and oxygen atoms in total. The van der Waals surface area contributed by atoms with E-state index >= 15 is 0 Å². The predicted octanol–water partition coefficient (Wildman–Crippen LogP) is 0.960. The maximum Gasteiger partial charge on any atom is 0.231 e. The van der Waals surface area contributed by atoms with Crippen LogP contribution in [0.25, 0.3) is 0 Å². The van der Waals surface area contributed by atoms with Crippen molar-refractivity contribution in [1.82, 2.24) is 15.0 Å². The molecule has 7 heteroatoms. The zero-order valence-electron chi connectivity index (χ0n) is 11.8. The molecule has 106 valence electrons. The van der Waals surface area contributed by atoms with Crippen molar-refractivity contribution in [3.8, 4) is 0 Å². The molecule has 0 radical (unpaired) electrons. The number of aromatic nitrogens is 3. The summed E-state index contributed by atoms with van der Waals surface area (Å²) in [5.74, 6) is 1.89.